The first-order valence-electron chi connectivity index (χ1n) is 3.51. The molecule has 0 fully saturated rings. The molecule has 60 valence electrons. The Balaban J connectivity index is 4.19. The number of guanidine groups is 1. The first kappa shape index (κ1) is 9.43. The molecule has 0 rings (SSSR count). The highest BCUT2D eigenvalue weighted by atomic mass is 15.4. The van der Waals surface area contributed by atoms with Gasteiger partial charge in [-0.2, -0.15) is 0 Å². The summed E-state index contributed by atoms with van der Waals surface area (Å²) in [6.45, 7) is 3.04. The Morgan fingerprint density at radius 1 is 1.40 bits per heavy atom. The molecule has 0 radical (unpaired) electrons. The van der Waals surface area contributed by atoms with Crippen molar-refractivity contribution in [3.05, 3.63) is 0 Å². The van der Waals surface area contributed by atoms with Gasteiger partial charge in [0.15, 0.2) is 0 Å². The van der Waals surface area contributed by atoms with Gasteiger partial charge in [0.25, 0.3) is 5.96 Å². The van der Waals surface area contributed by atoms with Crippen LogP contribution < -0.4 is 0 Å². The maximum absolute atomic E-state index is 7.64. The second kappa shape index (κ2) is 3.01. The average molecular weight is 144 g/mol. The summed E-state index contributed by atoms with van der Waals surface area (Å²) in [5.41, 5.74) is 0. The van der Waals surface area contributed by atoms with E-state index in [9.17, 15) is 0 Å². The lowest BCUT2D eigenvalue weighted by Gasteiger charge is -2.30. The van der Waals surface area contributed by atoms with E-state index in [0.29, 0.717) is 10.4 Å². The zero-order chi connectivity index (χ0) is 8.36. The molecular weight excluding hydrogens is 126 g/mol. The Morgan fingerprint density at radius 3 is 1.90 bits per heavy atom. The van der Waals surface area contributed by atoms with Crippen molar-refractivity contribution in [3.63, 3.8) is 0 Å². The van der Waals surface area contributed by atoms with Crippen LogP contribution in [0.15, 0.2) is 0 Å². The fourth-order valence-electron chi connectivity index (χ4n) is 0.691. The largest absolute Gasteiger partial charge is 0.318 e. The summed E-state index contributed by atoms with van der Waals surface area (Å²) >= 11 is 0. The molecule has 0 heterocycles. The van der Waals surface area contributed by atoms with Crippen LogP contribution in [0.2, 0.25) is 0 Å². The molecule has 3 heteroatoms. The summed E-state index contributed by atoms with van der Waals surface area (Å²) < 4.78 is 0.646. The van der Waals surface area contributed by atoms with E-state index in [1.807, 2.05) is 33.1 Å². The third kappa shape index (κ3) is 1.99. The molecule has 0 aromatic carbocycles. The molecule has 0 bridgehead atoms. The second-order valence-corrected chi connectivity index (χ2v) is 3.22. The van der Waals surface area contributed by atoms with E-state index < -0.39 is 0 Å². The van der Waals surface area contributed by atoms with Crippen molar-refractivity contribution < 1.29 is 4.48 Å². The van der Waals surface area contributed by atoms with Gasteiger partial charge in [0, 0.05) is 14.1 Å². The minimum Gasteiger partial charge on any atom is -0.318 e. The van der Waals surface area contributed by atoms with E-state index in [1.165, 1.54) is 0 Å². The third-order valence-corrected chi connectivity index (χ3v) is 1.79. The normalized spacial score (nSPS) is 11.3. The summed E-state index contributed by atoms with van der Waals surface area (Å²) in [5, 5.41) is 7.64. The molecule has 3 nitrogen and oxygen atoms in total. The maximum atomic E-state index is 7.64. The predicted molar refractivity (Wildman–Crippen MR) is 44.1 cm³/mol. The molecule has 0 aliphatic carbocycles. The second-order valence-electron chi connectivity index (χ2n) is 3.22. The van der Waals surface area contributed by atoms with Crippen LogP contribution in [0.5, 0.6) is 0 Å². The standard InChI is InChI=1S/C7H18N3/c1-6-10(4,5)7(8)9(2)3/h8H,6H2,1-5H3/q+1. The number of nitrogens with one attached hydrogen (secondary N) is 1. The number of rotatable bonds is 1. The van der Waals surface area contributed by atoms with Crippen LogP contribution in [0.1, 0.15) is 6.92 Å². The molecule has 0 aliphatic rings. The Bertz CT molecular complexity index is 127. The number of hydrogen-bond acceptors (Lipinski definition) is 1. The van der Waals surface area contributed by atoms with E-state index in [0.717, 1.165) is 6.54 Å². The van der Waals surface area contributed by atoms with Gasteiger partial charge in [-0.1, -0.05) is 0 Å². The first-order chi connectivity index (χ1) is 4.41. The Labute approximate surface area is 63.3 Å². The van der Waals surface area contributed by atoms with Gasteiger partial charge in [0.2, 0.25) is 0 Å². The molecule has 10 heavy (non-hydrogen) atoms. The average Bonchev–Trinajstić information content (AvgIpc) is 1.86. The summed E-state index contributed by atoms with van der Waals surface area (Å²) in [7, 11) is 7.86. The van der Waals surface area contributed by atoms with Gasteiger partial charge in [0.1, 0.15) is 0 Å². The molecule has 0 amide bonds. The van der Waals surface area contributed by atoms with E-state index >= 15 is 0 Å². The van der Waals surface area contributed by atoms with Crippen LogP contribution >= 0.6 is 0 Å². The van der Waals surface area contributed by atoms with Gasteiger partial charge in [-0.05, 0) is 6.92 Å². The maximum Gasteiger partial charge on any atom is 0.296 e. The SMILES string of the molecule is CC[N+](C)(C)C(=N)N(C)C. The molecular formula is C7H18N3+. The lowest BCUT2D eigenvalue weighted by molar-refractivity contribution is -0.803. The Hall–Kier alpha value is -0.570. The van der Waals surface area contributed by atoms with Gasteiger partial charge >= 0.3 is 0 Å². The van der Waals surface area contributed by atoms with Gasteiger partial charge in [-0.15, -0.1) is 0 Å². The fourth-order valence-corrected chi connectivity index (χ4v) is 0.691. The zero-order valence-corrected chi connectivity index (χ0v) is 7.60. The molecule has 0 saturated heterocycles. The van der Waals surface area contributed by atoms with Crippen molar-refractivity contribution in [1.82, 2.24) is 4.90 Å². The predicted octanol–water partition coefficient (Wildman–Crippen LogP) is 0.579. The van der Waals surface area contributed by atoms with Crippen molar-refractivity contribution in [2.75, 3.05) is 34.7 Å². The summed E-state index contributed by atoms with van der Waals surface area (Å²) in [6.07, 6.45) is 0. The quantitative estimate of drug-likeness (QED) is 0.325. The third-order valence-electron chi connectivity index (χ3n) is 1.79. The van der Waals surface area contributed by atoms with Crippen LogP contribution in [-0.4, -0.2) is 50.1 Å². The van der Waals surface area contributed by atoms with Crippen LogP contribution in [-0.2, 0) is 0 Å². The molecule has 0 aliphatic heterocycles. The molecule has 0 atom stereocenters. The molecule has 0 spiro atoms. The molecule has 0 saturated carbocycles. The number of nitrogens with zero attached hydrogens (tertiary/aromatic N) is 2. The minimum atomic E-state index is 0.641. The number of hydrogen-bond donors (Lipinski definition) is 1. The summed E-state index contributed by atoms with van der Waals surface area (Å²) in [6, 6.07) is 0. The first-order valence-corrected chi connectivity index (χ1v) is 3.51. The lowest BCUT2D eigenvalue weighted by Crippen LogP contribution is -2.51. The highest BCUT2D eigenvalue weighted by Gasteiger charge is 2.21. The van der Waals surface area contributed by atoms with Crippen molar-refractivity contribution in [2.45, 2.75) is 6.92 Å². The molecule has 0 aromatic heterocycles. The van der Waals surface area contributed by atoms with E-state index in [4.69, 9.17) is 5.41 Å². The monoisotopic (exact) mass is 144 g/mol. The van der Waals surface area contributed by atoms with Gasteiger partial charge < -0.3 is 4.90 Å². The van der Waals surface area contributed by atoms with E-state index in [1.54, 1.807) is 0 Å². The molecule has 1 N–H and O–H groups in total. The summed E-state index contributed by atoms with van der Waals surface area (Å²) in [5.74, 6) is 0.641. The molecule has 0 unspecified atom stereocenters. The van der Waals surface area contributed by atoms with Crippen molar-refractivity contribution in [3.8, 4) is 0 Å². The highest BCUT2D eigenvalue weighted by Crippen LogP contribution is 1.98. The van der Waals surface area contributed by atoms with Gasteiger partial charge in [-0.3, -0.25) is 4.48 Å². The topological polar surface area (TPSA) is 27.1 Å². The minimum absolute atomic E-state index is 0.641. The van der Waals surface area contributed by atoms with Crippen LogP contribution in [0.25, 0.3) is 0 Å². The van der Waals surface area contributed by atoms with Crippen LogP contribution in [0.4, 0.5) is 0 Å². The lowest BCUT2D eigenvalue weighted by atomic mass is 10.5. The van der Waals surface area contributed by atoms with Crippen LogP contribution in [0.3, 0.4) is 0 Å². The van der Waals surface area contributed by atoms with Gasteiger partial charge in [-0.25, -0.2) is 5.41 Å². The smallest absolute Gasteiger partial charge is 0.296 e. The van der Waals surface area contributed by atoms with Crippen molar-refractivity contribution >= 4 is 5.96 Å². The van der Waals surface area contributed by atoms with E-state index in [-0.39, 0.29) is 0 Å². The highest BCUT2D eigenvalue weighted by molar-refractivity contribution is 5.68. The van der Waals surface area contributed by atoms with Gasteiger partial charge in [0.05, 0.1) is 20.6 Å². The number of quaternary nitrogens is 1. The Morgan fingerprint density at radius 2 is 1.80 bits per heavy atom. The zero-order valence-electron chi connectivity index (χ0n) is 7.60. The molecule has 0 aromatic rings. The Kier molecular flexibility index (Phi) is 2.84. The summed E-state index contributed by atoms with van der Waals surface area (Å²) in [4.78, 5) is 1.84. The van der Waals surface area contributed by atoms with Crippen molar-refractivity contribution in [1.29, 1.82) is 5.41 Å². The van der Waals surface area contributed by atoms with E-state index in [2.05, 4.69) is 6.92 Å². The van der Waals surface area contributed by atoms with Crippen molar-refractivity contribution in [2.24, 2.45) is 0 Å². The van der Waals surface area contributed by atoms with Crippen LogP contribution in [0, 0.1) is 5.41 Å². The fraction of sp³-hybridized carbons (Fsp3) is 0.857.